The lowest BCUT2D eigenvalue weighted by Crippen LogP contribution is -2.55. The molecule has 1 rings (SSSR count). The number of nitrogens with one attached hydrogen (secondary N) is 2. The Balaban J connectivity index is 2.36. The van der Waals surface area contributed by atoms with E-state index in [1.165, 1.54) is 0 Å². The Labute approximate surface area is 108 Å². The minimum atomic E-state index is -0.889. The average molecular weight is 256 g/mol. The van der Waals surface area contributed by atoms with Crippen molar-refractivity contribution in [2.45, 2.75) is 58.5 Å². The van der Waals surface area contributed by atoms with Crippen LogP contribution in [0.1, 0.15) is 47.0 Å². The van der Waals surface area contributed by atoms with Gasteiger partial charge in [0.15, 0.2) is 0 Å². The Morgan fingerprint density at radius 3 is 2.22 bits per heavy atom. The van der Waals surface area contributed by atoms with Gasteiger partial charge in [0.1, 0.15) is 0 Å². The maximum atomic E-state index is 11.5. The van der Waals surface area contributed by atoms with Gasteiger partial charge in [-0.1, -0.05) is 0 Å². The summed E-state index contributed by atoms with van der Waals surface area (Å²) in [5.74, 6) is -0.809. The van der Waals surface area contributed by atoms with Crippen LogP contribution in [-0.2, 0) is 9.59 Å². The molecule has 0 aromatic heterocycles. The van der Waals surface area contributed by atoms with Crippen LogP contribution in [-0.4, -0.2) is 35.1 Å². The molecule has 3 N–H and O–H groups in total. The summed E-state index contributed by atoms with van der Waals surface area (Å²) in [5.41, 5.74) is -1.46. The summed E-state index contributed by atoms with van der Waals surface area (Å²) in [6.45, 7) is 7.56. The van der Waals surface area contributed by atoms with Crippen LogP contribution in [0.4, 0.5) is 0 Å². The summed E-state index contributed by atoms with van der Waals surface area (Å²) < 4.78 is 0. The fourth-order valence-corrected chi connectivity index (χ4v) is 1.50. The number of hydrogen-bond acceptors (Lipinski definition) is 3. The van der Waals surface area contributed by atoms with Crippen LogP contribution in [0.15, 0.2) is 0 Å². The van der Waals surface area contributed by atoms with E-state index in [-0.39, 0.29) is 5.91 Å². The molecule has 18 heavy (non-hydrogen) atoms. The maximum absolute atomic E-state index is 11.5. The van der Waals surface area contributed by atoms with Crippen molar-refractivity contribution in [3.8, 4) is 0 Å². The second kappa shape index (κ2) is 5.26. The van der Waals surface area contributed by atoms with Gasteiger partial charge in [-0.2, -0.15) is 0 Å². The molecule has 5 nitrogen and oxygen atoms in total. The van der Waals surface area contributed by atoms with Gasteiger partial charge in [0.2, 0.25) is 5.91 Å². The summed E-state index contributed by atoms with van der Waals surface area (Å²) in [5, 5.41) is 15.3. The van der Waals surface area contributed by atoms with E-state index in [2.05, 4.69) is 10.6 Å². The van der Waals surface area contributed by atoms with E-state index in [1.54, 1.807) is 13.8 Å². The lowest BCUT2D eigenvalue weighted by Gasteiger charge is -2.39. The Morgan fingerprint density at radius 1 is 1.22 bits per heavy atom. The molecule has 1 amide bonds. The van der Waals surface area contributed by atoms with E-state index >= 15 is 0 Å². The predicted octanol–water partition coefficient (Wildman–Crippen LogP) is 1.13. The van der Waals surface area contributed by atoms with Crippen molar-refractivity contribution in [1.82, 2.24) is 10.6 Å². The number of aliphatic carboxylic acids is 1. The molecule has 1 aliphatic carbocycles. The summed E-state index contributed by atoms with van der Waals surface area (Å²) in [6, 6.07) is 0.376. The van der Waals surface area contributed by atoms with E-state index < -0.39 is 16.9 Å². The van der Waals surface area contributed by atoms with Gasteiger partial charge in [0, 0.05) is 24.5 Å². The SMILES string of the molecule is CC(C)(NCCC(=O)NC1CC1)C(C)(C)C(=O)O. The number of hydrogen-bond donors (Lipinski definition) is 3. The van der Waals surface area contributed by atoms with E-state index in [0.29, 0.717) is 19.0 Å². The third-order valence-corrected chi connectivity index (χ3v) is 3.96. The van der Waals surface area contributed by atoms with Crippen LogP contribution in [0.2, 0.25) is 0 Å². The Hall–Kier alpha value is -1.10. The molecule has 104 valence electrons. The molecule has 0 spiro atoms. The zero-order valence-corrected chi connectivity index (χ0v) is 11.7. The third kappa shape index (κ3) is 3.70. The first-order chi connectivity index (χ1) is 8.17. The van der Waals surface area contributed by atoms with Gasteiger partial charge in [-0.15, -0.1) is 0 Å². The molecule has 0 aromatic carbocycles. The summed E-state index contributed by atoms with van der Waals surface area (Å²) in [4.78, 5) is 22.7. The topological polar surface area (TPSA) is 78.4 Å². The number of rotatable bonds is 7. The molecule has 5 heteroatoms. The molecule has 0 radical (unpaired) electrons. The quantitative estimate of drug-likeness (QED) is 0.638. The Bertz CT molecular complexity index is 333. The molecule has 0 bridgehead atoms. The second-order valence-corrected chi connectivity index (χ2v) is 6.07. The summed E-state index contributed by atoms with van der Waals surface area (Å²) in [7, 11) is 0. The first-order valence-electron chi connectivity index (χ1n) is 6.44. The van der Waals surface area contributed by atoms with Gasteiger partial charge in [0.05, 0.1) is 5.41 Å². The Kier molecular flexibility index (Phi) is 4.37. The summed E-state index contributed by atoms with van der Waals surface area (Å²) >= 11 is 0. The molecule has 0 aromatic rings. The highest BCUT2D eigenvalue weighted by molar-refractivity contribution is 5.77. The molecule has 0 saturated heterocycles. The first-order valence-corrected chi connectivity index (χ1v) is 6.44. The maximum Gasteiger partial charge on any atom is 0.310 e. The highest BCUT2D eigenvalue weighted by Gasteiger charge is 2.42. The van der Waals surface area contributed by atoms with Crippen molar-refractivity contribution >= 4 is 11.9 Å². The van der Waals surface area contributed by atoms with Crippen molar-refractivity contribution < 1.29 is 14.7 Å². The summed E-state index contributed by atoms with van der Waals surface area (Å²) in [6.07, 6.45) is 2.54. The highest BCUT2D eigenvalue weighted by atomic mass is 16.4. The van der Waals surface area contributed by atoms with Gasteiger partial charge >= 0.3 is 5.97 Å². The van der Waals surface area contributed by atoms with Crippen LogP contribution in [0.5, 0.6) is 0 Å². The zero-order chi connectivity index (χ0) is 14.0. The van der Waals surface area contributed by atoms with Crippen molar-refractivity contribution in [3.05, 3.63) is 0 Å². The van der Waals surface area contributed by atoms with Crippen molar-refractivity contribution in [2.24, 2.45) is 5.41 Å². The van der Waals surface area contributed by atoms with Gasteiger partial charge in [-0.05, 0) is 40.5 Å². The number of carboxylic acid groups (broad SMARTS) is 1. The molecule has 0 aliphatic heterocycles. The smallest absolute Gasteiger partial charge is 0.310 e. The fraction of sp³-hybridized carbons (Fsp3) is 0.846. The van der Waals surface area contributed by atoms with Gasteiger partial charge < -0.3 is 15.7 Å². The zero-order valence-electron chi connectivity index (χ0n) is 11.7. The standard InChI is InChI=1S/C13H24N2O3/c1-12(2,11(17)18)13(3,4)14-8-7-10(16)15-9-5-6-9/h9,14H,5-8H2,1-4H3,(H,15,16)(H,17,18). The third-order valence-electron chi connectivity index (χ3n) is 3.96. The van der Waals surface area contributed by atoms with Gasteiger partial charge in [0.25, 0.3) is 0 Å². The molecule has 1 saturated carbocycles. The van der Waals surface area contributed by atoms with Crippen LogP contribution < -0.4 is 10.6 Å². The molecule has 1 fully saturated rings. The molecule has 0 atom stereocenters. The van der Waals surface area contributed by atoms with Crippen LogP contribution in [0, 0.1) is 5.41 Å². The number of carbonyl (C=O) groups is 2. The van der Waals surface area contributed by atoms with E-state index in [9.17, 15) is 14.7 Å². The fourth-order valence-electron chi connectivity index (χ4n) is 1.50. The first kappa shape index (κ1) is 15.0. The lowest BCUT2D eigenvalue weighted by atomic mass is 9.74. The molecule has 0 unspecified atom stereocenters. The molecular weight excluding hydrogens is 232 g/mol. The number of carbonyl (C=O) groups excluding carboxylic acids is 1. The molecule has 1 aliphatic rings. The lowest BCUT2D eigenvalue weighted by molar-refractivity contribution is -0.151. The van der Waals surface area contributed by atoms with E-state index in [4.69, 9.17) is 0 Å². The molecule has 0 heterocycles. The van der Waals surface area contributed by atoms with E-state index in [0.717, 1.165) is 12.8 Å². The minimum Gasteiger partial charge on any atom is -0.481 e. The molecular formula is C13H24N2O3. The highest BCUT2D eigenvalue weighted by Crippen LogP contribution is 2.30. The van der Waals surface area contributed by atoms with Gasteiger partial charge in [-0.25, -0.2) is 0 Å². The normalized spacial score (nSPS) is 16.4. The van der Waals surface area contributed by atoms with Crippen molar-refractivity contribution in [3.63, 3.8) is 0 Å². The van der Waals surface area contributed by atoms with Crippen LogP contribution in [0.25, 0.3) is 0 Å². The number of carboxylic acids is 1. The van der Waals surface area contributed by atoms with E-state index in [1.807, 2.05) is 13.8 Å². The van der Waals surface area contributed by atoms with Crippen molar-refractivity contribution in [2.75, 3.05) is 6.54 Å². The monoisotopic (exact) mass is 256 g/mol. The van der Waals surface area contributed by atoms with Crippen LogP contribution in [0.3, 0.4) is 0 Å². The Morgan fingerprint density at radius 2 is 1.78 bits per heavy atom. The van der Waals surface area contributed by atoms with Crippen molar-refractivity contribution in [1.29, 1.82) is 0 Å². The average Bonchev–Trinajstić information content (AvgIpc) is 3.00. The van der Waals surface area contributed by atoms with Crippen LogP contribution >= 0.6 is 0 Å². The number of amides is 1. The largest absolute Gasteiger partial charge is 0.481 e. The second-order valence-electron chi connectivity index (χ2n) is 6.07. The predicted molar refractivity (Wildman–Crippen MR) is 69.3 cm³/mol. The van der Waals surface area contributed by atoms with Gasteiger partial charge in [-0.3, -0.25) is 9.59 Å². The minimum absolute atomic E-state index is 0.0360.